The third kappa shape index (κ3) is 2.67. The van der Waals surface area contributed by atoms with Crippen molar-refractivity contribution in [3.05, 3.63) is 35.7 Å². The number of rotatable bonds is 5. The van der Waals surface area contributed by atoms with Crippen molar-refractivity contribution in [3.63, 3.8) is 0 Å². The third-order valence-electron chi connectivity index (χ3n) is 4.89. The van der Waals surface area contributed by atoms with Crippen molar-refractivity contribution in [1.82, 2.24) is 30.0 Å². The van der Waals surface area contributed by atoms with E-state index in [4.69, 9.17) is 10.8 Å². The standard InChI is InChI=1S/C19H22N8O/c1-10-12-5-4-11(19(28)22-3)8-13(12)25-15(10)16-14-17(21-2)23-9-24-18(14)27(26-16)7-6-20/h4-5,8-9,25H,6-7,20H2,1-3H3,(H,22,28)(H,21,23,24). The largest absolute Gasteiger partial charge is 0.372 e. The van der Waals surface area contributed by atoms with Crippen molar-refractivity contribution in [2.24, 2.45) is 5.73 Å². The first-order chi connectivity index (χ1) is 13.6. The second-order valence-electron chi connectivity index (χ2n) is 6.50. The molecule has 0 unspecified atom stereocenters. The van der Waals surface area contributed by atoms with E-state index in [-0.39, 0.29) is 5.91 Å². The van der Waals surface area contributed by atoms with Crippen LogP contribution in [0.15, 0.2) is 24.5 Å². The molecular weight excluding hydrogens is 356 g/mol. The van der Waals surface area contributed by atoms with Crippen LogP contribution in [0.25, 0.3) is 33.3 Å². The Hall–Kier alpha value is -3.46. The highest BCUT2D eigenvalue weighted by Crippen LogP contribution is 2.35. The number of hydrogen-bond acceptors (Lipinski definition) is 6. The van der Waals surface area contributed by atoms with Gasteiger partial charge in [-0.05, 0) is 24.6 Å². The molecule has 4 rings (SSSR count). The summed E-state index contributed by atoms with van der Waals surface area (Å²) in [6, 6.07) is 5.61. The van der Waals surface area contributed by atoms with E-state index in [9.17, 15) is 4.79 Å². The lowest BCUT2D eigenvalue weighted by atomic mass is 10.1. The Bertz CT molecular complexity index is 1190. The molecule has 144 valence electrons. The normalized spacial score (nSPS) is 11.3. The maximum Gasteiger partial charge on any atom is 0.251 e. The lowest BCUT2D eigenvalue weighted by molar-refractivity contribution is 0.0963. The molecule has 0 fully saturated rings. The number of nitrogens with zero attached hydrogens (tertiary/aromatic N) is 4. The quantitative estimate of drug-likeness (QED) is 0.418. The van der Waals surface area contributed by atoms with E-state index >= 15 is 0 Å². The molecule has 0 saturated heterocycles. The minimum absolute atomic E-state index is 0.126. The molecule has 4 aromatic rings. The van der Waals surface area contributed by atoms with Gasteiger partial charge in [0.25, 0.3) is 5.91 Å². The highest BCUT2D eigenvalue weighted by atomic mass is 16.1. The zero-order chi connectivity index (χ0) is 19.8. The number of nitrogens with two attached hydrogens (primary N) is 1. The van der Waals surface area contributed by atoms with Gasteiger partial charge in [0.1, 0.15) is 17.8 Å². The Kier molecular flexibility index (Phi) is 4.44. The number of aromatic amines is 1. The number of carbonyl (C=O) groups is 1. The minimum atomic E-state index is -0.126. The molecule has 3 aromatic heterocycles. The second-order valence-corrected chi connectivity index (χ2v) is 6.50. The molecule has 9 heteroatoms. The topological polar surface area (TPSA) is 127 Å². The van der Waals surface area contributed by atoms with Crippen LogP contribution >= 0.6 is 0 Å². The fourth-order valence-electron chi connectivity index (χ4n) is 3.51. The maximum absolute atomic E-state index is 12.0. The number of nitrogens with one attached hydrogen (secondary N) is 3. The van der Waals surface area contributed by atoms with Gasteiger partial charge in [-0.15, -0.1) is 0 Å². The van der Waals surface area contributed by atoms with Gasteiger partial charge in [-0.3, -0.25) is 4.79 Å². The smallest absolute Gasteiger partial charge is 0.251 e. The van der Waals surface area contributed by atoms with Gasteiger partial charge in [0, 0.05) is 37.1 Å². The minimum Gasteiger partial charge on any atom is -0.372 e. The third-order valence-corrected chi connectivity index (χ3v) is 4.89. The van der Waals surface area contributed by atoms with Crippen LogP contribution in [0.5, 0.6) is 0 Å². The van der Waals surface area contributed by atoms with E-state index in [2.05, 4.69) is 25.6 Å². The first-order valence-electron chi connectivity index (χ1n) is 9.03. The molecule has 28 heavy (non-hydrogen) atoms. The van der Waals surface area contributed by atoms with E-state index in [1.165, 1.54) is 6.33 Å². The van der Waals surface area contributed by atoms with Gasteiger partial charge in [0.05, 0.1) is 17.6 Å². The number of H-pyrrole nitrogens is 1. The van der Waals surface area contributed by atoms with Crippen LogP contribution in [0.3, 0.4) is 0 Å². The SMILES string of the molecule is CNC(=O)c1ccc2c(C)c(-c3nn(CCN)c4ncnc(NC)c34)[nH]c2c1. The van der Waals surface area contributed by atoms with Crippen LogP contribution in [-0.4, -0.2) is 51.3 Å². The van der Waals surface area contributed by atoms with Crippen molar-refractivity contribution >= 4 is 33.7 Å². The number of aryl methyl sites for hydroxylation is 1. The van der Waals surface area contributed by atoms with Gasteiger partial charge in [-0.2, -0.15) is 5.10 Å². The number of fused-ring (bicyclic) bond motifs is 2. The van der Waals surface area contributed by atoms with Crippen LogP contribution in [0.1, 0.15) is 15.9 Å². The summed E-state index contributed by atoms with van der Waals surface area (Å²) in [5, 5.41) is 12.4. The Labute approximate surface area is 161 Å². The first kappa shape index (κ1) is 17.9. The average molecular weight is 378 g/mol. The summed E-state index contributed by atoms with van der Waals surface area (Å²) in [6.45, 7) is 3.04. The number of benzene rings is 1. The zero-order valence-electron chi connectivity index (χ0n) is 16.0. The number of carbonyl (C=O) groups excluding carboxylic acids is 1. The predicted octanol–water partition coefficient (Wildman–Crippen LogP) is 1.64. The summed E-state index contributed by atoms with van der Waals surface area (Å²) in [5.74, 6) is 0.576. The van der Waals surface area contributed by atoms with Gasteiger partial charge in [-0.25, -0.2) is 14.6 Å². The molecule has 9 nitrogen and oxygen atoms in total. The van der Waals surface area contributed by atoms with E-state index in [1.54, 1.807) is 11.7 Å². The van der Waals surface area contributed by atoms with Crippen LogP contribution in [0.2, 0.25) is 0 Å². The first-order valence-corrected chi connectivity index (χ1v) is 9.03. The van der Waals surface area contributed by atoms with Gasteiger partial charge in [0.2, 0.25) is 0 Å². The summed E-state index contributed by atoms with van der Waals surface area (Å²) in [4.78, 5) is 24.2. The average Bonchev–Trinajstić information content (AvgIpc) is 3.25. The molecule has 0 saturated carbocycles. The second kappa shape index (κ2) is 6.93. The highest BCUT2D eigenvalue weighted by Gasteiger charge is 2.21. The molecular formula is C19H22N8O. The molecule has 0 atom stereocenters. The number of aromatic nitrogens is 5. The van der Waals surface area contributed by atoms with Gasteiger partial charge >= 0.3 is 0 Å². The Morgan fingerprint density at radius 1 is 1.29 bits per heavy atom. The van der Waals surface area contributed by atoms with Crippen molar-refractivity contribution in [3.8, 4) is 11.4 Å². The van der Waals surface area contributed by atoms with Crippen LogP contribution in [0, 0.1) is 6.92 Å². The lowest BCUT2D eigenvalue weighted by Crippen LogP contribution is -2.17. The number of hydrogen-bond donors (Lipinski definition) is 4. The fourth-order valence-corrected chi connectivity index (χ4v) is 3.51. The molecule has 0 aliphatic carbocycles. The molecule has 0 radical (unpaired) electrons. The summed E-state index contributed by atoms with van der Waals surface area (Å²) < 4.78 is 1.80. The maximum atomic E-state index is 12.0. The van der Waals surface area contributed by atoms with E-state index in [1.807, 2.05) is 32.2 Å². The molecule has 0 aliphatic heterocycles. The Balaban J connectivity index is 1.98. The molecule has 3 heterocycles. The van der Waals surface area contributed by atoms with Crippen LogP contribution < -0.4 is 16.4 Å². The van der Waals surface area contributed by atoms with Crippen LogP contribution in [-0.2, 0) is 6.54 Å². The zero-order valence-corrected chi connectivity index (χ0v) is 16.0. The summed E-state index contributed by atoms with van der Waals surface area (Å²) >= 11 is 0. The van der Waals surface area contributed by atoms with Gasteiger partial charge < -0.3 is 21.4 Å². The van der Waals surface area contributed by atoms with Gasteiger partial charge in [0.15, 0.2) is 5.65 Å². The Morgan fingerprint density at radius 3 is 2.82 bits per heavy atom. The predicted molar refractivity (Wildman–Crippen MR) is 109 cm³/mol. The van der Waals surface area contributed by atoms with Gasteiger partial charge in [-0.1, -0.05) is 6.07 Å². The van der Waals surface area contributed by atoms with E-state index < -0.39 is 0 Å². The fraction of sp³-hybridized carbons (Fsp3) is 0.263. The van der Waals surface area contributed by atoms with E-state index in [0.717, 1.165) is 38.9 Å². The highest BCUT2D eigenvalue weighted by molar-refractivity contribution is 6.03. The Morgan fingerprint density at radius 2 is 2.11 bits per heavy atom. The molecule has 5 N–H and O–H groups in total. The lowest BCUT2D eigenvalue weighted by Gasteiger charge is -2.02. The summed E-state index contributed by atoms with van der Waals surface area (Å²) in [5.41, 5.74) is 10.6. The molecule has 1 amide bonds. The van der Waals surface area contributed by atoms with Crippen LogP contribution in [0.4, 0.5) is 5.82 Å². The molecule has 1 aromatic carbocycles. The summed E-state index contributed by atoms with van der Waals surface area (Å²) in [6.07, 6.45) is 1.51. The van der Waals surface area contributed by atoms with Crippen molar-refractivity contribution < 1.29 is 4.79 Å². The number of amides is 1. The monoisotopic (exact) mass is 378 g/mol. The molecule has 0 bridgehead atoms. The van der Waals surface area contributed by atoms with E-state index in [0.29, 0.717) is 24.5 Å². The van der Waals surface area contributed by atoms with Crippen molar-refractivity contribution in [2.75, 3.05) is 26.0 Å². The number of anilines is 1. The van der Waals surface area contributed by atoms with Crippen molar-refractivity contribution in [1.29, 1.82) is 0 Å². The summed E-state index contributed by atoms with van der Waals surface area (Å²) in [7, 11) is 3.44. The van der Waals surface area contributed by atoms with Crippen molar-refractivity contribution in [2.45, 2.75) is 13.5 Å². The molecule has 0 aliphatic rings. The molecule has 0 spiro atoms.